The zero-order valence-corrected chi connectivity index (χ0v) is 10.6. The Hall–Kier alpha value is -1.24. The van der Waals surface area contributed by atoms with E-state index in [0.717, 1.165) is 17.7 Å². The number of benzene rings is 1. The van der Waals surface area contributed by atoms with Crippen LogP contribution in [0.1, 0.15) is 44.2 Å². The molecule has 1 aromatic carbocycles. The summed E-state index contributed by atoms with van der Waals surface area (Å²) >= 11 is 0. The van der Waals surface area contributed by atoms with Gasteiger partial charge >= 0.3 is 0 Å². The van der Waals surface area contributed by atoms with E-state index in [2.05, 4.69) is 45.5 Å². The lowest BCUT2D eigenvalue weighted by atomic mass is 10.1. The highest BCUT2D eigenvalue weighted by Gasteiger charge is 2.06. The van der Waals surface area contributed by atoms with Crippen molar-refractivity contribution in [3.63, 3.8) is 0 Å². The maximum Gasteiger partial charge on any atom is 0.123 e. The minimum absolute atomic E-state index is 0.290. The summed E-state index contributed by atoms with van der Waals surface area (Å²) in [5.74, 6) is 0.987. The van der Waals surface area contributed by atoms with Crippen molar-refractivity contribution in [3.8, 4) is 5.75 Å². The molecule has 0 spiro atoms. The molecule has 0 fully saturated rings. The molecule has 88 valence electrons. The Bertz CT molecular complexity index is 341. The Kier molecular flexibility index (Phi) is 5.10. The first kappa shape index (κ1) is 12.8. The first-order chi connectivity index (χ1) is 7.67. The smallest absolute Gasteiger partial charge is 0.123 e. The Labute approximate surface area is 99.1 Å². The molecule has 1 atom stereocenters. The fourth-order valence-corrected chi connectivity index (χ4v) is 1.64. The molecular formula is C15H22O. The maximum atomic E-state index is 5.94. The molecule has 0 aliphatic rings. The van der Waals surface area contributed by atoms with Crippen molar-refractivity contribution in [2.75, 3.05) is 0 Å². The van der Waals surface area contributed by atoms with Crippen LogP contribution in [0.3, 0.4) is 0 Å². The van der Waals surface area contributed by atoms with Gasteiger partial charge in [-0.2, -0.15) is 0 Å². The van der Waals surface area contributed by atoms with Crippen LogP contribution >= 0.6 is 0 Å². The summed E-state index contributed by atoms with van der Waals surface area (Å²) in [6, 6.07) is 6.20. The molecular weight excluding hydrogens is 196 g/mol. The van der Waals surface area contributed by atoms with Gasteiger partial charge in [-0.25, -0.2) is 0 Å². The van der Waals surface area contributed by atoms with E-state index in [1.807, 2.05) is 6.08 Å². The number of aryl methyl sites for hydroxylation is 1. The van der Waals surface area contributed by atoms with Crippen molar-refractivity contribution >= 4 is 6.08 Å². The molecule has 0 saturated carbocycles. The molecule has 1 nitrogen and oxygen atoms in total. The van der Waals surface area contributed by atoms with Crippen molar-refractivity contribution in [2.45, 2.75) is 46.1 Å². The average molecular weight is 218 g/mol. The van der Waals surface area contributed by atoms with Crippen molar-refractivity contribution in [1.82, 2.24) is 0 Å². The normalized spacial score (nSPS) is 12.2. The van der Waals surface area contributed by atoms with Gasteiger partial charge in [0.1, 0.15) is 5.75 Å². The zero-order valence-electron chi connectivity index (χ0n) is 10.6. The third-order valence-electron chi connectivity index (χ3n) is 2.74. The van der Waals surface area contributed by atoms with Gasteiger partial charge in [0.05, 0.1) is 6.10 Å². The van der Waals surface area contributed by atoms with Crippen LogP contribution in [0.5, 0.6) is 5.75 Å². The molecule has 0 aromatic heterocycles. The van der Waals surface area contributed by atoms with E-state index >= 15 is 0 Å². The molecule has 1 heteroatoms. The van der Waals surface area contributed by atoms with E-state index < -0.39 is 0 Å². The fraction of sp³-hybridized carbons (Fsp3) is 0.467. The van der Waals surface area contributed by atoms with E-state index in [0.29, 0.717) is 6.10 Å². The average Bonchev–Trinajstić information content (AvgIpc) is 2.29. The Morgan fingerprint density at radius 2 is 2.19 bits per heavy atom. The largest absolute Gasteiger partial charge is 0.490 e. The molecule has 0 heterocycles. The van der Waals surface area contributed by atoms with E-state index in [1.54, 1.807) is 0 Å². The van der Waals surface area contributed by atoms with Crippen LogP contribution < -0.4 is 4.74 Å². The summed E-state index contributed by atoms with van der Waals surface area (Å²) in [4.78, 5) is 0. The molecule has 0 aliphatic carbocycles. The predicted octanol–water partition coefficient (Wildman–Crippen LogP) is 4.60. The Morgan fingerprint density at radius 1 is 1.44 bits per heavy atom. The molecule has 0 bridgehead atoms. The summed E-state index contributed by atoms with van der Waals surface area (Å²) in [6.45, 7) is 10.2. The lowest BCUT2D eigenvalue weighted by Crippen LogP contribution is -2.12. The van der Waals surface area contributed by atoms with Gasteiger partial charge in [0.2, 0.25) is 0 Å². The topological polar surface area (TPSA) is 9.23 Å². The number of hydrogen-bond acceptors (Lipinski definition) is 1. The van der Waals surface area contributed by atoms with Crippen molar-refractivity contribution in [2.24, 2.45) is 0 Å². The van der Waals surface area contributed by atoms with Gasteiger partial charge in [0, 0.05) is 0 Å². The second kappa shape index (κ2) is 6.37. The highest BCUT2D eigenvalue weighted by Crippen LogP contribution is 2.22. The van der Waals surface area contributed by atoms with Crippen LogP contribution in [0.4, 0.5) is 0 Å². The number of rotatable bonds is 6. The molecule has 0 N–H and O–H groups in total. The van der Waals surface area contributed by atoms with Crippen molar-refractivity contribution < 1.29 is 4.74 Å². The van der Waals surface area contributed by atoms with Crippen molar-refractivity contribution in [3.05, 3.63) is 35.9 Å². The van der Waals surface area contributed by atoms with Crippen LogP contribution in [0, 0.1) is 6.92 Å². The Balaban J connectivity index is 2.67. The second-order valence-electron chi connectivity index (χ2n) is 4.30. The maximum absolute atomic E-state index is 5.94. The summed E-state index contributed by atoms with van der Waals surface area (Å²) < 4.78 is 5.94. The van der Waals surface area contributed by atoms with Crippen LogP contribution in [0.25, 0.3) is 6.08 Å². The molecule has 0 amide bonds. The number of hydrogen-bond donors (Lipinski definition) is 0. The molecule has 0 saturated heterocycles. The lowest BCUT2D eigenvalue weighted by molar-refractivity contribution is 0.206. The molecule has 16 heavy (non-hydrogen) atoms. The van der Waals surface area contributed by atoms with Crippen LogP contribution in [-0.2, 0) is 0 Å². The van der Waals surface area contributed by atoms with Crippen LogP contribution in [0.2, 0.25) is 0 Å². The van der Waals surface area contributed by atoms with E-state index in [9.17, 15) is 0 Å². The number of ether oxygens (including phenoxy) is 1. The summed E-state index contributed by atoms with van der Waals surface area (Å²) in [6.07, 6.45) is 5.71. The van der Waals surface area contributed by atoms with E-state index in [1.165, 1.54) is 18.4 Å². The minimum Gasteiger partial charge on any atom is -0.490 e. The summed E-state index contributed by atoms with van der Waals surface area (Å²) in [5, 5.41) is 0. The van der Waals surface area contributed by atoms with Gasteiger partial charge in [0.15, 0.2) is 0 Å². The third kappa shape index (κ3) is 3.73. The second-order valence-corrected chi connectivity index (χ2v) is 4.30. The molecule has 0 aliphatic heterocycles. The SMILES string of the molecule is C=Cc1ccc(C)c(OC(C)CCCC)c1. The van der Waals surface area contributed by atoms with Gasteiger partial charge in [-0.3, -0.25) is 0 Å². The van der Waals surface area contributed by atoms with E-state index in [4.69, 9.17) is 4.74 Å². The first-order valence-corrected chi connectivity index (χ1v) is 6.07. The quantitative estimate of drug-likeness (QED) is 0.678. The molecule has 1 rings (SSSR count). The van der Waals surface area contributed by atoms with E-state index in [-0.39, 0.29) is 0 Å². The van der Waals surface area contributed by atoms with Gasteiger partial charge in [-0.05, 0) is 37.5 Å². The highest BCUT2D eigenvalue weighted by molar-refractivity contribution is 5.51. The Morgan fingerprint density at radius 3 is 2.81 bits per heavy atom. The standard InChI is InChI=1S/C15H22O/c1-5-7-8-13(4)16-15-11-14(6-2)10-9-12(15)3/h6,9-11,13H,2,5,7-8H2,1,3-4H3. The summed E-state index contributed by atoms with van der Waals surface area (Å²) in [7, 11) is 0. The van der Waals surface area contributed by atoms with Gasteiger partial charge in [-0.15, -0.1) is 0 Å². The third-order valence-corrected chi connectivity index (χ3v) is 2.74. The van der Waals surface area contributed by atoms with Crippen molar-refractivity contribution in [1.29, 1.82) is 0 Å². The van der Waals surface area contributed by atoms with Crippen LogP contribution in [0.15, 0.2) is 24.8 Å². The molecule has 1 aromatic rings. The monoisotopic (exact) mass is 218 g/mol. The van der Waals surface area contributed by atoms with Crippen LogP contribution in [-0.4, -0.2) is 6.10 Å². The highest BCUT2D eigenvalue weighted by atomic mass is 16.5. The van der Waals surface area contributed by atoms with Gasteiger partial charge < -0.3 is 4.74 Å². The zero-order chi connectivity index (χ0) is 12.0. The molecule has 0 radical (unpaired) electrons. The number of unbranched alkanes of at least 4 members (excludes halogenated alkanes) is 1. The molecule has 1 unspecified atom stereocenters. The van der Waals surface area contributed by atoms with Gasteiger partial charge in [0.25, 0.3) is 0 Å². The lowest BCUT2D eigenvalue weighted by Gasteiger charge is -2.16. The predicted molar refractivity (Wildman–Crippen MR) is 70.9 cm³/mol. The summed E-state index contributed by atoms with van der Waals surface area (Å²) in [5.41, 5.74) is 2.30. The van der Waals surface area contributed by atoms with Gasteiger partial charge in [-0.1, -0.05) is 44.6 Å². The minimum atomic E-state index is 0.290. The first-order valence-electron chi connectivity index (χ1n) is 6.07. The fourth-order valence-electron chi connectivity index (χ4n) is 1.64.